The predicted octanol–water partition coefficient (Wildman–Crippen LogP) is 6.02. The number of halogens is 1. The maximum atomic E-state index is 15.4. The first-order valence-corrected chi connectivity index (χ1v) is 16.8. The molecule has 2 atom stereocenters. The molecule has 3 aromatic rings. The van der Waals surface area contributed by atoms with E-state index in [2.05, 4.69) is 0 Å². The Labute approximate surface area is 258 Å². The van der Waals surface area contributed by atoms with Gasteiger partial charge in [0.15, 0.2) is 0 Å². The summed E-state index contributed by atoms with van der Waals surface area (Å²) in [6, 6.07) is 12.9. The summed E-state index contributed by atoms with van der Waals surface area (Å²) in [6.07, 6.45) is 3.64. The van der Waals surface area contributed by atoms with Crippen molar-refractivity contribution >= 4 is 16.0 Å². The lowest BCUT2D eigenvalue weighted by atomic mass is 9.88. The number of methoxy groups -OCH3 is 1. The highest BCUT2D eigenvalue weighted by atomic mass is 32.2. The number of carbonyl (C=O) groups excluding carboxylic acids is 1. The molecule has 6 rings (SSSR count). The minimum Gasteiger partial charge on any atom is -0.492 e. The zero-order valence-electron chi connectivity index (χ0n) is 25.7. The van der Waals surface area contributed by atoms with Gasteiger partial charge in [-0.25, -0.2) is 17.1 Å². The third-order valence-corrected chi connectivity index (χ3v) is 10.6. The molecule has 10 heteroatoms. The number of benzene rings is 3. The zero-order chi connectivity index (χ0) is 31.3. The summed E-state index contributed by atoms with van der Waals surface area (Å²) < 4.78 is 63.7. The fourth-order valence-corrected chi connectivity index (χ4v) is 7.50. The van der Waals surface area contributed by atoms with Gasteiger partial charge in [0.05, 0.1) is 26.4 Å². The Morgan fingerprint density at radius 1 is 1.05 bits per heavy atom. The molecule has 0 spiro atoms. The summed E-state index contributed by atoms with van der Waals surface area (Å²) in [4.78, 5) is 11.8. The fraction of sp³-hybridized carbons (Fsp3) is 0.441. The summed E-state index contributed by atoms with van der Waals surface area (Å²) in [6.45, 7) is 4.47. The van der Waals surface area contributed by atoms with Crippen molar-refractivity contribution in [3.63, 3.8) is 0 Å². The molecule has 3 aliphatic rings. The molecule has 0 amide bonds. The monoisotopic (exact) mass is 623 g/mol. The Balaban J connectivity index is 1.19. The largest absolute Gasteiger partial charge is 0.492 e. The number of fused-ring (bicyclic) bond motifs is 2. The molecule has 1 fully saturated rings. The van der Waals surface area contributed by atoms with Crippen LogP contribution < -0.4 is 14.2 Å². The van der Waals surface area contributed by atoms with Gasteiger partial charge in [-0.1, -0.05) is 12.1 Å². The van der Waals surface area contributed by atoms with E-state index in [0.717, 1.165) is 39.1 Å². The number of sulfonamides is 1. The highest BCUT2D eigenvalue weighted by molar-refractivity contribution is 7.88. The number of aryl methyl sites for hydroxylation is 2. The first-order chi connectivity index (χ1) is 20.9. The lowest BCUT2D eigenvalue weighted by molar-refractivity contribution is -0.141. The normalized spacial score (nSPS) is 22.2. The SMILES string of the molecule is COC(=O)C[C@@H]1COc2cc(O[C@@H]3CCc4c(-c5c(C)cc(OC6CC(N(C)S(C)(=O)=O)C6)cc5C)ccc(F)c43)ccc21. The zero-order valence-corrected chi connectivity index (χ0v) is 26.5. The van der Waals surface area contributed by atoms with Crippen molar-refractivity contribution in [2.75, 3.05) is 27.0 Å². The summed E-state index contributed by atoms with van der Waals surface area (Å²) in [7, 11) is -0.237. The molecule has 0 unspecified atom stereocenters. The van der Waals surface area contributed by atoms with E-state index in [4.69, 9.17) is 18.9 Å². The first-order valence-electron chi connectivity index (χ1n) is 15.0. The van der Waals surface area contributed by atoms with Gasteiger partial charge in [-0.2, -0.15) is 0 Å². The minimum atomic E-state index is -3.23. The van der Waals surface area contributed by atoms with E-state index < -0.39 is 16.1 Å². The fourth-order valence-electron chi connectivity index (χ4n) is 6.78. The maximum absolute atomic E-state index is 15.4. The number of carbonyl (C=O) groups is 1. The molecule has 0 bridgehead atoms. The Morgan fingerprint density at radius 3 is 2.45 bits per heavy atom. The average Bonchev–Trinajstić information content (AvgIpc) is 3.55. The minimum absolute atomic E-state index is 0.0369. The van der Waals surface area contributed by atoms with Crippen molar-refractivity contribution in [2.24, 2.45) is 0 Å². The van der Waals surface area contributed by atoms with Crippen LogP contribution in [0.2, 0.25) is 0 Å². The van der Waals surface area contributed by atoms with E-state index in [1.165, 1.54) is 23.7 Å². The van der Waals surface area contributed by atoms with Gasteiger partial charge in [-0.15, -0.1) is 0 Å². The second-order valence-electron chi connectivity index (χ2n) is 12.2. The second-order valence-corrected chi connectivity index (χ2v) is 14.2. The van der Waals surface area contributed by atoms with Crippen molar-refractivity contribution in [2.45, 2.75) is 70.1 Å². The van der Waals surface area contributed by atoms with Crippen LogP contribution in [0.15, 0.2) is 42.5 Å². The highest BCUT2D eigenvalue weighted by Gasteiger charge is 2.37. The molecule has 1 heterocycles. The van der Waals surface area contributed by atoms with Crippen LogP contribution in [0.25, 0.3) is 11.1 Å². The number of hydrogen-bond donors (Lipinski definition) is 0. The third-order valence-electron chi connectivity index (χ3n) is 9.25. The van der Waals surface area contributed by atoms with Crippen LogP contribution in [-0.4, -0.2) is 57.9 Å². The Bertz CT molecular complexity index is 1690. The van der Waals surface area contributed by atoms with Crippen LogP contribution in [0.5, 0.6) is 17.2 Å². The van der Waals surface area contributed by atoms with Crippen molar-refractivity contribution in [3.05, 3.63) is 76.1 Å². The van der Waals surface area contributed by atoms with Gasteiger partial charge < -0.3 is 18.9 Å². The van der Waals surface area contributed by atoms with Crippen LogP contribution in [0.4, 0.5) is 4.39 Å². The van der Waals surface area contributed by atoms with Crippen LogP contribution in [0.1, 0.15) is 65.5 Å². The molecule has 0 aromatic heterocycles. The van der Waals surface area contributed by atoms with Crippen LogP contribution in [-0.2, 0) is 26.0 Å². The second kappa shape index (κ2) is 11.7. The topological polar surface area (TPSA) is 91.4 Å². The molecule has 3 aromatic carbocycles. The third kappa shape index (κ3) is 5.77. The summed E-state index contributed by atoms with van der Waals surface area (Å²) >= 11 is 0. The molecule has 234 valence electrons. The van der Waals surface area contributed by atoms with Gasteiger partial charge in [-0.05, 0) is 78.8 Å². The van der Waals surface area contributed by atoms with Gasteiger partial charge in [0.1, 0.15) is 35.3 Å². The van der Waals surface area contributed by atoms with E-state index in [-0.39, 0.29) is 36.3 Å². The standard InChI is InChI=1S/C34H38FNO7S/c1-19-12-24(42-25-15-22(16-25)36(3)44(5,38)39)13-20(2)33(19)27-8-10-29(35)34-28(27)9-11-30(34)43-23-6-7-26-21(14-32(37)40-4)18-41-31(26)17-23/h6-8,10,12-13,17,21-22,25,30H,9,11,14-16,18H2,1-5H3/t21-,22?,25?,30-/m1/s1. The van der Waals surface area contributed by atoms with E-state index >= 15 is 4.39 Å². The average molecular weight is 624 g/mol. The number of nitrogens with zero attached hydrogens (tertiary/aromatic N) is 1. The van der Waals surface area contributed by atoms with E-state index in [0.29, 0.717) is 49.4 Å². The van der Waals surface area contributed by atoms with Gasteiger partial charge in [-0.3, -0.25) is 4.79 Å². The van der Waals surface area contributed by atoms with Crippen molar-refractivity contribution in [1.82, 2.24) is 4.31 Å². The van der Waals surface area contributed by atoms with Crippen molar-refractivity contribution in [1.29, 1.82) is 0 Å². The van der Waals surface area contributed by atoms with Crippen molar-refractivity contribution < 1.29 is 36.6 Å². The van der Waals surface area contributed by atoms with E-state index in [9.17, 15) is 13.2 Å². The summed E-state index contributed by atoms with van der Waals surface area (Å²) in [5.74, 6) is 1.41. The van der Waals surface area contributed by atoms with Crippen molar-refractivity contribution in [3.8, 4) is 28.4 Å². The van der Waals surface area contributed by atoms with Crippen LogP contribution >= 0.6 is 0 Å². The quantitative estimate of drug-likeness (QED) is 0.270. The van der Waals surface area contributed by atoms with Gasteiger partial charge in [0.2, 0.25) is 10.0 Å². The van der Waals surface area contributed by atoms with E-state index in [1.54, 1.807) is 7.05 Å². The molecule has 1 saturated carbocycles. The Morgan fingerprint density at radius 2 is 1.77 bits per heavy atom. The lowest BCUT2D eigenvalue weighted by Crippen LogP contribution is -2.49. The number of hydrogen-bond acceptors (Lipinski definition) is 7. The van der Waals surface area contributed by atoms with E-state index in [1.807, 2.05) is 50.2 Å². The molecule has 0 N–H and O–H groups in total. The van der Waals surface area contributed by atoms with Gasteiger partial charge >= 0.3 is 5.97 Å². The number of esters is 1. The molecule has 44 heavy (non-hydrogen) atoms. The predicted molar refractivity (Wildman–Crippen MR) is 164 cm³/mol. The Kier molecular flexibility index (Phi) is 8.09. The number of ether oxygens (including phenoxy) is 4. The molecule has 1 aliphatic heterocycles. The summed E-state index contributed by atoms with van der Waals surface area (Å²) in [5, 5.41) is 0. The lowest BCUT2D eigenvalue weighted by Gasteiger charge is -2.39. The molecule has 2 aliphatic carbocycles. The first kappa shape index (κ1) is 30.4. The van der Waals surface area contributed by atoms with Gasteiger partial charge in [0, 0.05) is 49.0 Å². The highest BCUT2D eigenvalue weighted by Crippen LogP contribution is 2.45. The molecule has 0 saturated heterocycles. The van der Waals surface area contributed by atoms with Crippen LogP contribution in [0.3, 0.4) is 0 Å². The Hall–Kier alpha value is -3.63. The maximum Gasteiger partial charge on any atom is 0.306 e. The molecule has 0 radical (unpaired) electrons. The smallest absolute Gasteiger partial charge is 0.306 e. The van der Waals surface area contributed by atoms with Crippen LogP contribution in [0, 0.1) is 19.7 Å². The number of rotatable bonds is 9. The van der Waals surface area contributed by atoms with Gasteiger partial charge in [0.25, 0.3) is 0 Å². The molecular formula is C34H38FNO7S. The summed E-state index contributed by atoms with van der Waals surface area (Å²) in [5.41, 5.74) is 6.59. The molecule has 8 nitrogen and oxygen atoms in total. The molecular weight excluding hydrogens is 585 g/mol.